The van der Waals surface area contributed by atoms with Crippen molar-refractivity contribution in [1.29, 1.82) is 0 Å². The van der Waals surface area contributed by atoms with Crippen molar-refractivity contribution in [2.24, 2.45) is 0 Å². The second-order valence-corrected chi connectivity index (χ2v) is 6.15. The highest BCUT2D eigenvalue weighted by molar-refractivity contribution is 5.84. The van der Waals surface area contributed by atoms with Crippen molar-refractivity contribution in [3.63, 3.8) is 0 Å². The minimum Gasteiger partial charge on any atom is -0.477 e. The summed E-state index contributed by atoms with van der Waals surface area (Å²) in [6.45, 7) is 4.61. The van der Waals surface area contributed by atoms with E-state index in [0.717, 1.165) is 44.3 Å². The molecule has 2 rings (SSSR count). The minimum atomic E-state index is -0.367. The predicted octanol–water partition coefficient (Wildman–Crippen LogP) is 2.07. The molecule has 1 aliphatic rings. The Morgan fingerprint density at radius 3 is 2.80 bits per heavy atom. The summed E-state index contributed by atoms with van der Waals surface area (Å²) < 4.78 is 5.64. The summed E-state index contributed by atoms with van der Waals surface area (Å²) in [5.74, 6) is 0.514. The van der Waals surface area contributed by atoms with Gasteiger partial charge in [0.1, 0.15) is 0 Å². The van der Waals surface area contributed by atoms with E-state index in [2.05, 4.69) is 22.5 Å². The Morgan fingerprint density at radius 1 is 1.24 bits per heavy atom. The monoisotopic (exact) mass is 348 g/mol. The standard InChI is InChI=1S/C18H28N4O3/c1-2-3-12-25-17-15(8-7-9-19-17)13-20-18(24)21-14-16(23)22-10-5-4-6-11-22/h7-9H,2-6,10-14H2,1H3,(H2,20,21,24). The number of likely N-dealkylation sites (tertiary alicyclic amines) is 1. The van der Waals surface area contributed by atoms with Crippen molar-refractivity contribution in [2.45, 2.75) is 45.6 Å². The van der Waals surface area contributed by atoms with Crippen LogP contribution in [0, 0.1) is 0 Å². The lowest BCUT2D eigenvalue weighted by molar-refractivity contribution is -0.130. The third-order valence-electron chi connectivity index (χ3n) is 4.13. The highest BCUT2D eigenvalue weighted by Crippen LogP contribution is 2.14. The van der Waals surface area contributed by atoms with Crippen LogP contribution in [0.4, 0.5) is 4.79 Å². The number of pyridine rings is 1. The lowest BCUT2D eigenvalue weighted by Gasteiger charge is -2.26. The topological polar surface area (TPSA) is 83.6 Å². The van der Waals surface area contributed by atoms with Crippen LogP contribution in [-0.4, -0.2) is 48.1 Å². The van der Waals surface area contributed by atoms with Gasteiger partial charge in [0.15, 0.2) is 0 Å². The van der Waals surface area contributed by atoms with Crippen molar-refractivity contribution < 1.29 is 14.3 Å². The van der Waals surface area contributed by atoms with Gasteiger partial charge in [-0.1, -0.05) is 19.4 Å². The zero-order chi connectivity index (χ0) is 17.9. The highest BCUT2D eigenvalue weighted by Gasteiger charge is 2.16. The van der Waals surface area contributed by atoms with Crippen molar-refractivity contribution in [3.05, 3.63) is 23.9 Å². The number of urea groups is 1. The normalized spacial score (nSPS) is 14.0. The van der Waals surface area contributed by atoms with Gasteiger partial charge in [-0.15, -0.1) is 0 Å². The molecule has 0 bridgehead atoms. The predicted molar refractivity (Wildman–Crippen MR) is 95.3 cm³/mol. The molecule has 138 valence electrons. The Labute approximate surface area is 149 Å². The number of ether oxygens (including phenoxy) is 1. The van der Waals surface area contributed by atoms with Gasteiger partial charge in [0.25, 0.3) is 0 Å². The number of nitrogens with one attached hydrogen (secondary N) is 2. The summed E-state index contributed by atoms with van der Waals surface area (Å²) in [7, 11) is 0. The van der Waals surface area contributed by atoms with Crippen LogP contribution in [0.15, 0.2) is 18.3 Å². The minimum absolute atomic E-state index is 0.0265. The summed E-state index contributed by atoms with van der Waals surface area (Å²) in [6.07, 6.45) is 6.93. The zero-order valence-electron chi connectivity index (χ0n) is 14.9. The molecule has 0 unspecified atom stereocenters. The van der Waals surface area contributed by atoms with Crippen molar-refractivity contribution in [1.82, 2.24) is 20.5 Å². The van der Waals surface area contributed by atoms with E-state index in [1.807, 2.05) is 17.0 Å². The molecule has 2 heterocycles. The Balaban J connectivity index is 1.73. The van der Waals surface area contributed by atoms with E-state index in [1.165, 1.54) is 6.42 Å². The molecule has 0 radical (unpaired) electrons. The molecule has 1 saturated heterocycles. The second-order valence-electron chi connectivity index (χ2n) is 6.15. The van der Waals surface area contributed by atoms with E-state index >= 15 is 0 Å². The molecule has 0 spiro atoms. The fourth-order valence-electron chi connectivity index (χ4n) is 2.65. The van der Waals surface area contributed by atoms with Crippen molar-refractivity contribution in [3.8, 4) is 5.88 Å². The molecule has 2 N–H and O–H groups in total. The SMILES string of the molecule is CCCCOc1ncccc1CNC(=O)NCC(=O)N1CCCCC1. The maximum absolute atomic E-state index is 12.0. The van der Waals surface area contributed by atoms with E-state index in [0.29, 0.717) is 19.0 Å². The number of rotatable bonds is 8. The van der Waals surface area contributed by atoms with Crippen LogP contribution in [0.3, 0.4) is 0 Å². The number of carbonyl (C=O) groups excluding carboxylic acids is 2. The molecule has 7 nitrogen and oxygen atoms in total. The molecule has 7 heteroatoms. The molecule has 1 aromatic heterocycles. The third kappa shape index (κ3) is 6.60. The lowest BCUT2D eigenvalue weighted by Crippen LogP contribution is -2.45. The Morgan fingerprint density at radius 2 is 2.04 bits per heavy atom. The first-order chi connectivity index (χ1) is 12.2. The van der Waals surface area contributed by atoms with Crippen LogP contribution < -0.4 is 15.4 Å². The van der Waals surface area contributed by atoms with E-state index in [4.69, 9.17) is 4.74 Å². The number of hydrogen-bond acceptors (Lipinski definition) is 4. The molecule has 25 heavy (non-hydrogen) atoms. The van der Waals surface area contributed by atoms with E-state index in [9.17, 15) is 9.59 Å². The quantitative estimate of drug-likeness (QED) is 0.705. The number of carbonyl (C=O) groups is 2. The van der Waals surface area contributed by atoms with Gasteiger partial charge in [0, 0.05) is 31.4 Å². The van der Waals surface area contributed by atoms with E-state index in [1.54, 1.807) is 6.20 Å². The molecule has 3 amide bonds. The first-order valence-electron chi connectivity index (χ1n) is 9.07. The highest BCUT2D eigenvalue weighted by atomic mass is 16.5. The average Bonchev–Trinajstić information content (AvgIpc) is 2.66. The van der Waals surface area contributed by atoms with Crippen LogP contribution in [0.25, 0.3) is 0 Å². The van der Waals surface area contributed by atoms with Gasteiger partial charge in [-0.3, -0.25) is 4.79 Å². The molecule has 1 fully saturated rings. The Hall–Kier alpha value is -2.31. The first kappa shape index (κ1) is 19.0. The van der Waals surface area contributed by atoms with E-state index in [-0.39, 0.29) is 18.5 Å². The number of aromatic nitrogens is 1. The summed E-state index contributed by atoms with van der Waals surface area (Å²) in [5.41, 5.74) is 0.816. The third-order valence-corrected chi connectivity index (χ3v) is 4.13. The van der Waals surface area contributed by atoms with Gasteiger partial charge >= 0.3 is 6.03 Å². The molecule has 0 aromatic carbocycles. The summed E-state index contributed by atoms with van der Waals surface area (Å²) in [6, 6.07) is 3.31. The van der Waals surface area contributed by atoms with Crippen LogP contribution in [0.2, 0.25) is 0 Å². The number of unbranched alkanes of at least 4 members (excludes halogenated alkanes) is 1. The van der Waals surface area contributed by atoms with Crippen LogP contribution in [-0.2, 0) is 11.3 Å². The second kappa shape index (κ2) is 10.5. The fraction of sp³-hybridized carbons (Fsp3) is 0.611. The molecule has 0 saturated carbocycles. The molecule has 0 atom stereocenters. The summed E-state index contributed by atoms with van der Waals surface area (Å²) >= 11 is 0. The van der Waals surface area contributed by atoms with Crippen LogP contribution >= 0.6 is 0 Å². The molecular weight excluding hydrogens is 320 g/mol. The Bertz CT molecular complexity index is 559. The average molecular weight is 348 g/mol. The molecule has 1 aromatic rings. The van der Waals surface area contributed by atoms with Crippen molar-refractivity contribution in [2.75, 3.05) is 26.2 Å². The molecular formula is C18H28N4O3. The lowest BCUT2D eigenvalue weighted by atomic mass is 10.1. The van der Waals surface area contributed by atoms with Crippen LogP contribution in [0.1, 0.15) is 44.6 Å². The van der Waals surface area contributed by atoms with E-state index < -0.39 is 0 Å². The summed E-state index contributed by atoms with van der Waals surface area (Å²) in [4.78, 5) is 30.0. The number of piperidine rings is 1. The van der Waals surface area contributed by atoms with Gasteiger partial charge in [-0.2, -0.15) is 0 Å². The van der Waals surface area contributed by atoms with Gasteiger partial charge in [-0.25, -0.2) is 9.78 Å². The maximum Gasteiger partial charge on any atom is 0.315 e. The number of hydrogen-bond donors (Lipinski definition) is 2. The van der Waals surface area contributed by atoms with Gasteiger partial charge in [0.05, 0.1) is 13.2 Å². The zero-order valence-corrected chi connectivity index (χ0v) is 14.9. The largest absolute Gasteiger partial charge is 0.477 e. The van der Waals surface area contributed by atoms with Gasteiger partial charge < -0.3 is 20.3 Å². The first-order valence-corrected chi connectivity index (χ1v) is 9.07. The maximum atomic E-state index is 12.0. The number of nitrogens with zero attached hydrogens (tertiary/aromatic N) is 2. The smallest absolute Gasteiger partial charge is 0.315 e. The van der Waals surface area contributed by atoms with Crippen LogP contribution in [0.5, 0.6) is 5.88 Å². The number of amides is 3. The molecule has 0 aliphatic carbocycles. The fourth-order valence-corrected chi connectivity index (χ4v) is 2.65. The van der Waals surface area contributed by atoms with Gasteiger partial charge in [-0.05, 0) is 31.7 Å². The summed E-state index contributed by atoms with van der Waals surface area (Å²) in [5, 5.41) is 5.37. The van der Waals surface area contributed by atoms with Gasteiger partial charge in [0.2, 0.25) is 11.8 Å². The molecule has 1 aliphatic heterocycles. The van der Waals surface area contributed by atoms with Crippen molar-refractivity contribution >= 4 is 11.9 Å². The Kier molecular flexibility index (Phi) is 8.01.